The smallest absolute Gasteiger partial charge is 0.251 e. The van der Waals surface area contributed by atoms with Gasteiger partial charge in [-0.2, -0.15) is 0 Å². The molecule has 0 bridgehead atoms. The molecule has 204 valence electrons. The lowest BCUT2D eigenvalue weighted by molar-refractivity contribution is -0.116. The second-order valence-corrected chi connectivity index (χ2v) is 11.1. The van der Waals surface area contributed by atoms with Gasteiger partial charge in [-0.1, -0.05) is 39.2 Å². The van der Waals surface area contributed by atoms with Crippen molar-refractivity contribution in [1.82, 2.24) is 20.2 Å². The molecule has 2 heterocycles. The van der Waals surface area contributed by atoms with Gasteiger partial charge in [0.1, 0.15) is 5.82 Å². The molecule has 3 aromatic rings. The van der Waals surface area contributed by atoms with Crippen LogP contribution in [0, 0.1) is 12.8 Å². The molecule has 0 unspecified atom stereocenters. The maximum absolute atomic E-state index is 13.2. The van der Waals surface area contributed by atoms with Crippen LogP contribution in [0.25, 0.3) is 11.0 Å². The van der Waals surface area contributed by atoms with E-state index in [1.54, 1.807) is 6.92 Å². The van der Waals surface area contributed by atoms with E-state index in [4.69, 9.17) is 0 Å². The van der Waals surface area contributed by atoms with Gasteiger partial charge in [0.05, 0.1) is 17.6 Å². The zero-order valence-corrected chi connectivity index (χ0v) is 23.5. The van der Waals surface area contributed by atoms with Gasteiger partial charge in [-0.3, -0.25) is 14.5 Å². The minimum atomic E-state index is -0.140. The van der Waals surface area contributed by atoms with E-state index < -0.39 is 0 Å². The van der Waals surface area contributed by atoms with Crippen molar-refractivity contribution in [2.45, 2.75) is 79.3 Å². The van der Waals surface area contributed by atoms with Crippen molar-refractivity contribution in [3.63, 3.8) is 0 Å². The van der Waals surface area contributed by atoms with Crippen molar-refractivity contribution in [2.24, 2.45) is 5.92 Å². The summed E-state index contributed by atoms with van der Waals surface area (Å²) >= 11 is 0. The van der Waals surface area contributed by atoms with Crippen molar-refractivity contribution in [3.8, 4) is 0 Å². The molecule has 2 aromatic carbocycles. The van der Waals surface area contributed by atoms with Crippen LogP contribution in [0.5, 0.6) is 0 Å². The summed E-state index contributed by atoms with van der Waals surface area (Å²) in [6, 6.07) is 11.9. The number of rotatable bonds is 6. The lowest BCUT2D eigenvalue weighted by Gasteiger charge is -2.29. The van der Waals surface area contributed by atoms with Gasteiger partial charge in [-0.25, -0.2) is 4.98 Å². The first-order valence-electron chi connectivity index (χ1n) is 14.2. The predicted octanol–water partition coefficient (Wildman–Crippen LogP) is 5.97. The van der Waals surface area contributed by atoms with Crippen molar-refractivity contribution < 1.29 is 9.59 Å². The Labute approximate surface area is 227 Å². The number of aromatic amines is 1. The van der Waals surface area contributed by atoms with Crippen molar-refractivity contribution in [3.05, 3.63) is 58.9 Å². The summed E-state index contributed by atoms with van der Waals surface area (Å²) in [6.07, 6.45) is 6.86. The van der Waals surface area contributed by atoms with Crippen molar-refractivity contribution in [2.75, 3.05) is 24.5 Å². The molecular formula is C31H43N5O2. The summed E-state index contributed by atoms with van der Waals surface area (Å²) in [4.78, 5) is 38.2. The number of nitrogens with one attached hydrogen (secondary N) is 2. The first-order valence-corrected chi connectivity index (χ1v) is 14.2. The molecule has 2 N–H and O–H groups in total. The molecule has 0 radical (unpaired) electrons. The standard InChI is InChI=1S/C31H43N5O2/c1-22(2)14-17-35-15-8-6-5-7-9-16-36(24(4)37)29-13-11-25(19-26(29)21-35)31(38)32-20-30-33-27-12-10-23(3)18-28(27)34-30/h10-13,18-19,22H,5-9,14-17,20-21H2,1-4H3,(H,32,38)(H,33,34). The summed E-state index contributed by atoms with van der Waals surface area (Å²) in [7, 11) is 0. The van der Waals surface area contributed by atoms with Gasteiger partial charge < -0.3 is 15.2 Å². The maximum Gasteiger partial charge on any atom is 0.251 e. The maximum atomic E-state index is 13.2. The third-order valence-electron chi connectivity index (χ3n) is 7.39. The fourth-order valence-corrected chi connectivity index (χ4v) is 5.18. The summed E-state index contributed by atoms with van der Waals surface area (Å²) < 4.78 is 0. The van der Waals surface area contributed by atoms with Gasteiger partial charge in [0.2, 0.25) is 5.91 Å². The topological polar surface area (TPSA) is 81.3 Å². The molecule has 1 aromatic heterocycles. The number of aromatic nitrogens is 2. The quantitative estimate of drug-likeness (QED) is 0.422. The van der Waals surface area contributed by atoms with Crippen LogP contribution in [0.3, 0.4) is 0 Å². The molecule has 38 heavy (non-hydrogen) atoms. The Hall–Kier alpha value is -3.19. The highest BCUT2D eigenvalue weighted by atomic mass is 16.2. The average Bonchev–Trinajstić information content (AvgIpc) is 3.28. The Balaban J connectivity index is 1.57. The fraction of sp³-hybridized carbons (Fsp3) is 0.516. The van der Waals surface area contributed by atoms with E-state index in [2.05, 4.69) is 40.1 Å². The molecule has 0 saturated heterocycles. The largest absolute Gasteiger partial charge is 0.345 e. The van der Waals surface area contributed by atoms with Gasteiger partial charge in [0.25, 0.3) is 5.91 Å². The second kappa shape index (κ2) is 13.1. The Morgan fingerprint density at radius 2 is 1.79 bits per heavy atom. The van der Waals surface area contributed by atoms with Crippen LogP contribution in [0.4, 0.5) is 5.69 Å². The number of nitrogens with zero attached hydrogens (tertiary/aromatic N) is 3. The monoisotopic (exact) mass is 517 g/mol. The van der Waals surface area contributed by atoms with Crippen LogP contribution in [-0.4, -0.2) is 46.3 Å². The number of hydrogen-bond acceptors (Lipinski definition) is 4. The number of hydrogen-bond donors (Lipinski definition) is 2. The third kappa shape index (κ3) is 7.44. The van der Waals surface area contributed by atoms with E-state index in [1.807, 2.05) is 42.2 Å². The molecule has 0 spiro atoms. The van der Waals surface area contributed by atoms with Gasteiger partial charge in [-0.05, 0) is 86.7 Å². The Morgan fingerprint density at radius 1 is 1.03 bits per heavy atom. The number of amides is 2. The summed E-state index contributed by atoms with van der Waals surface area (Å²) in [5.41, 5.74) is 5.60. The van der Waals surface area contributed by atoms with Gasteiger partial charge in [0, 0.05) is 31.3 Å². The van der Waals surface area contributed by atoms with Gasteiger partial charge in [-0.15, -0.1) is 0 Å². The summed E-state index contributed by atoms with van der Waals surface area (Å²) in [6.45, 7) is 12.0. The Kier molecular flexibility index (Phi) is 9.56. The van der Waals surface area contributed by atoms with Gasteiger partial charge in [0.15, 0.2) is 0 Å². The lowest BCUT2D eigenvalue weighted by atomic mass is 10.0. The van der Waals surface area contributed by atoms with E-state index >= 15 is 0 Å². The molecule has 0 fully saturated rings. The SMILES string of the molecule is CC(=O)N1CCCCCCCN(CCC(C)C)Cc2cc(C(=O)NCc3nc4ccc(C)cc4[nH]3)ccc21. The third-order valence-corrected chi connectivity index (χ3v) is 7.39. The fourth-order valence-electron chi connectivity index (χ4n) is 5.18. The minimum Gasteiger partial charge on any atom is -0.345 e. The number of imidazole rings is 1. The number of aryl methyl sites for hydroxylation is 1. The number of fused-ring (bicyclic) bond motifs is 2. The van der Waals surface area contributed by atoms with Crippen LogP contribution in [0.2, 0.25) is 0 Å². The molecule has 4 rings (SSSR count). The van der Waals surface area contributed by atoms with Crippen LogP contribution in [-0.2, 0) is 17.9 Å². The van der Waals surface area contributed by atoms with Crippen LogP contribution >= 0.6 is 0 Å². The van der Waals surface area contributed by atoms with E-state index in [0.717, 1.165) is 72.6 Å². The number of H-pyrrole nitrogens is 1. The summed E-state index contributed by atoms with van der Waals surface area (Å²) in [5, 5.41) is 3.02. The molecule has 0 atom stereocenters. The predicted molar refractivity (Wildman–Crippen MR) is 154 cm³/mol. The Morgan fingerprint density at radius 3 is 2.55 bits per heavy atom. The number of carbonyl (C=O) groups excluding carboxylic acids is 2. The van der Waals surface area contributed by atoms with Crippen LogP contribution in [0.1, 0.15) is 86.6 Å². The zero-order valence-electron chi connectivity index (χ0n) is 23.5. The molecule has 0 aliphatic carbocycles. The van der Waals surface area contributed by atoms with Gasteiger partial charge >= 0.3 is 0 Å². The highest BCUT2D eigenvalue weighted by Crippen LogP contribution is 2.26. The first-order chi connectivity index (χ1) is 18.3. The number of anilines is 1. The average molecular weight is 518 g/mol. The van der Waals surface area contributed by atoms with Crippen LogP contribution in [0.15, 0.2) is 36.4 Å². The lowest BCUT2D eigenvalue weighted by Crippen LogP contribution is -2.33. The number of carbonyl (C=O) groups is 2. The van der Waals surface area contributed by atoms with E-state index in [1.165, 1.54) is 19.3 Å². The van der Waals surface area contributed by atoms with Crippen LogP contribution < -0.4 is 10.2 Å². The first kappa shape index (κ1) is 27.8. The molecule has 0 saturated carbocycles. The second-order valence-electron chi connectivity index (χ2n) is 11.1. The summed E-state index contributed by atoms with van der Waals surface area (Å²) in [5.74, 6) is 1.27. The van der Waals surface area contributed by atoms with E-state index in [9.17, 15) is 9.59 Å². The minimum absolute atomic E-state index is 0.0503. The highest BCUT2D eigenvalue weighted by molar-refractivity contribution is 5.97. The number of benzene rings is 2. The van der Waals surface area contributed by atoms with Crippen molar-refractivity contribution >= 4 is 28.5 Å². The van der Waals surface area contributed by atoms with Crippen molar-refractivity contribution in [1.29, 1.82) is 0 Å². The highest BCUT2D eigenvalue weighted by Gasteiger charge is 2.20. The zero-order chi connectivity index (χ0) is 27.1. The molecule has 1 aliphatic rings. The molecular weight excluding hydrogens is 474 g/mol. The van der Waals surface area contributed by atoms with E-state index in [-0.39, 0.29) is 11.8 Å². The molecule has 7 nitrogen and oxygen atoms in total. The Bertz CT molecular complexity index is 1250. The molecule has 2 amide bonds. The normalized spacial score (nSPS) is 15.7. The molecule has 1 aliphatic heterocycles. The van der Waals surface area contributed by atoms with E-state index in [0.29, 0.717) is 24.6 Å². The molecule has 7 heteroatoms.